The molecule has 4 heteroatoms. The first kappa shape index (κ1) is 12.5. The molecule has 0 radical (unpaired) electrons. The van der Waals surface area contributed by atoms with Gasteiger partial charge in [-0.3, -0.25) is 4.90 Å². The van der Waals surface area contributed by atoms with Gasteiger partial charge < -0.3 is 4.90 Å². The molecule has 4 nitrogen and oxygen atoms in total. The lowest BCUT2D eigenvalue weighted by Crippen LogP contribution is -2.39. The van der Waals surface area contributed by atoms with Crippen LogP contribution >= 0.6 is 0 Å². The molecule has 0 aromatic carbocycles. The molecule has 0 bridgehead atoms. The van der Waals surface area contributed by atoms with Gasteiger partial charge in [-0.05, 0) is 25.5 Å². The highest BCUT2D eigenvalue weighted by Gasteiger charge is 2.15. The highest BCUT2D eigenvalue weighted by molar-refractivity contribution is 5.90. The summed E-state index contributed by atoms with van der Waals surface area (Å²) >= 11 is 0. The molecule has 0 aliphatic rings. The van der Waals surface area contributed by atoms with Gasteiger partial charge in [-0.15, -0.1) is 0 Å². The quantitative estimate of drug-likeness (QED) is 0.784. The summed E-state index contributed by atoms with van der Waals surface area (Å²) in [7, 11) is 3.53. The third-order valence-corrected chi connectivity index (χ3v) is 2.59. The highest BCUT2D eigenvalue weighted by atomic mass is 16.2. The predicted molar refractivity (Wildman–Crippen MR) is 65.7 cm³/mol. The molecular formula is C12H19N3O. The van der Waals surface area contributed by atoms with E-state index < -0.39 is 0 Å². The molecule has 0 saturated heterocycles. The highest BCUT2D eigenvalue weighted by Crippen LogP contribution is 2.11. The van der Waals surface area contributed by atoms with Crippen LogP contribution in [0.15, 0.2) is 18.2 Å². The van der Waals surface area contributed by atoms with Crippen molar-refractivity contribution in [3.8, 4) is 0 Å². The van der Waals surface area contributed by atoms with Crippen molar-refractivity contribution < 1.29 is 4.79 Å². The molecule has 88 valence electrons. The molecule has 2 amide bonds. The number of pyridine rings is 1. The number of amides is 2. The topological polar surface area (TPSA) is 36.4 Å². The molecule has 0 unspecified atom stereocenters. The second-order valence-corrected chi connectivity index (χ2v) is 3.70. The molecule has 0 spiro atoms. The number of urea groups is 1. The van der Waals surface area contributed by atoms with Gasteiger partial charge in [-0.1, -0.05) is 13.0 Å². The maximum atomic E-state index is 11.9. The Morgan fingerprint density at radius 1 is 1.31 bits per heavy atom. The summed E-state index contributed by atoms with van der Waals surface area (Å²) in [6, 6.07) is 5.70. The zero-order chi connectivity index (χ0) is 12.1. The number of carbonyl (C=O) groups excluding carboxylic acids is 1. The minimum absolute atomic E-state index is 0.0387. The Kier molecular flexibility index (Phi) is 4.28. The van der Waals surface area contributed by atoms with Crippen molar-refractivity contribution in [3.63, 3.8) is 0 Å². The van der Waals surface area contributed by atoms with E-state index in [2.05, 4.69) is 4.98 Å². The molecule has 1 aromatic heterocycles. The summed E-state index contributed by atoms with van der Waals surface area (Å²) in [6.45, 7) is 4.68. The van der Waals surface area contributed by atoms with Crippen LogP contribution in [0.1, 0.15) is 19.5 Å². The van der Waals surface area contributed by atoms with Crippen LogP contribution in [0.25, 0.3) is 0 Å². The van der Waals surface area contributed by atoms with E-state index in [1.807, 2.05) is 32.0 Å². The van der Waals surface area contributed by atoms with Crippen LogP contribution in [0.5, 0.6) is 0 Å². The summed E-state index contributed by atoms with van der Waals surface area (Å²) < 4.78 is 0. The van der Waals surface area contributed by atoms with E-state index >= 15 is 0 Å². The van der Waals surface area contributed by atoms with Gasteiger partial charge in [0.2, 0.25) is 0 Å². The summed E-state index contributed by atoms with van der Waals surface area (Å²) in [5.74, 6) is 0.699. The van der Waals surface area contributed by atoms with Crippen LogP contribution in [-0.2, 0) is 6.42 Å². The number of nitrogens with zero attached hydrogens (tertiary/aromatic N) is 3. The molecule has 1 aromatic rings. The Morgan fingerprint density at radius 2 is 2.00 bits per heavy atom. The molecule has 1 rings (SSSR count). The Bertz CT molecular complexity index is 365. The third-order valence-electron chi connectivity index (χ3n) is 2.59. The first-order valence-corrected chi connectivity index (χ1v) is 5.54. The smallest absolute Gasteiger partial charge is 0.325 e. The predicted octanol–water partition coefficient (Wildman–Crippen LogP) is 2.15. The van der Waals surface area contributed by atoms with Crippen LogP contribution in [0, 0.1) is 0 Å². The average Bonchev–Trinajstić information content (AvgIpc) is 2.36. The Labute approximate surface area is 96.9 Å². The van der Waals surface area contributed by atoms with Gasteiger partial charge in [-0.25, -0.2) is 9.78 Å². The summed E-state index contributed by atoms with van der Waals surface area (Å²) in [6.07, 6.45) is 0.874. The van der Waals surface area contributed by atoms with E-state index in [1.165, 1.54) is 0 Å². The average molecular weight is 221 g/mol. The Balaban J connectivity index is 2.87. The number of aryl methyl sites for hydroxylation is 1. The van der Waals surface area contributed by atoms with Crippen molar-refractivity contribution in [2.75, 3.05) is 25.5 Å². The fourth-order valence-electron chi connectivity index (χ4n) is 1.34. The van der Waals surface area contributed by atoms with Gasteiger partial charge in [0.15, 0.2) is 0 Å². The fraction of sp³-hybridized carbons (Fsp3) is 0.500. The van der Waals surface area contributed by atoms with Crippen LogP contribution in [0.3, 0.4) is 0 Å². The first-order valence-electron chi connectivity index (χ1n) is 5.54. The van der Waals surface area contributed by atoms with E-state index in [4.69, 9.17) is 0 Å². The lowest BCUT2D eigenvalue weighted by Gasteiger charge is -2.23. The van der Waals surface area contributed by atoms with Crippen molar-refractivity contribution in [2.24, 2.45) is 0 Å². The second kappa shape index (κ2) is 5.49. The van der Waals surface area contributed by atoms with Gasteiger partial charge in [0.25, 0.3) is 0 Å². The van der Waals surface area contributed by atoms with E-state index in [9.17, 15) is 4.79 Å². The van der Waals surface area contributed by atoms with Crippen LogP contribution < -0.4 is 4.90 Å². The van der Waals surface area contributed by atoms with Gasteiger partial charge in [0.05, 0.1) is 0 Å². The third kappa shape index (κ3) is 2.72. The van der Waals surface area contributed by atoms with Crippen molar-refractivity contribution in [1.82, 2.24) is 9.88 Å². The van der Waals surface area contributed by atoms with Crippen molar-refractivity contribution in [3.05, 3.63) is 23.9 Å². The lowest BCUT2D eigenvalue weighted by molar-refractivity contribution is 0.219. The van der Waals surface area contributed by atoms with Crippen LogP contribution in [0.4, 0.5) is 10.6 Å². The Morgan fingerprint density at radius 3 is 2.56 bits per heavy atom. The standard InChI is InChI=1S/C12H19N3O/c1-5-10-8-7-9-11(13-10)15(4)12(16)14(3)6-2/h7-9H,5-6H2,1-4H3. The van der Waals surface area contributed by atoms with E-state index in [0.29, 0.717) is 12.4 Å². The number of aromatic nitrogens is 1. The maximum Gasteiger partial charge on any atom is 0.325 e. The van der Waals surface area contributed by atoms with Crippen LogP contribution in [0.2, 0.25) is 0 Å². The fourth-order valence-corrected chi connectivity index (χ4v) is 1.34. The summed E-state index contributed by atoms with van der Waals surface area (Å²) in [4.78, 5) is 19.5. The molecule has 0 aliphatic carbocycles. The molecule has 16 heavy (non-hydrogen) atoms. The molecule has 0 saturated carbocycles. The SMILES string of the molecule is CCc1cccc(N(C)C(=O)N(C)CC)n1. The number of rotatable bonds is 3. The van der Waals surface area contributed by atoms with Gasteiger partial charge in [0.1, 0.15) is 5.82 Å². The minimum atomic E-state index is -0.0387. The van der Waals surface area contributed by atoms with Crippen LogP contribution in [-0.4, -0.2) is 36.6 Å². The molecule has 0 N–H and O–H groups in total. The van der Waals surface area contributed by atoms with E-state index in [-0.39, 0.29) is 6.03 Å². The maximum absolute atomic E-state index is 11.9. The van der Waals surface area contributed by atoms with Gasteiger partial charge in [0, 0.05) is 26.3 Å². The number of hydrogen-bond acceptors (Lipinski definition) is 2. The number of hydrogen-bond donors (Lipinski definition) is 0. The normalized spacial score (nSPS) is 10.0. The molecular weight excluding hydrogens is 202 g/mol. The van der Waals surface area contributed by atoms with Gasteiger partial charge >= 0.3 is 6.03 Å². The molecule has 0 atom stereocenters. The minimum Gasteiger partial charge on any atom is -0.328 e. The Hall–Kier alpha value is -1.58. The number of carbonyl (C=O) groups is 1. The zero-order valence-electron chi connectivity index (χ0n) is 10.4. The van der Waals surface area contributed by atoms with Crippen molar-refractivity contribution in [2.45, 2.75) is 20.3 Å². The lowest BCUT2D eigenvalue weighted by atomic mass is 10.3. The largest absolute Gasteiger partial charge is 0.328 e. The van der Waals surface area contributed by atoms with Crippen molar-refractivity contribution in [1.29, 1.82) is 0 Å². The number of anilines is 1. The molecule has 1 heterocycles. The molecule has 0 aliphatic heterocycles. The van der Waals surface area contributed by atoms with Gasteiger partial charge in [-0.2, -0.15) is 0 Å². The zero-order valence-corrected chi connectivity index (χ0v) is 10.4. The monoisotopic (exact) mass is 221 g/mol. The first-order chi connectivity index (χ1) is 7.60. The van der Waals surface area contributed by atoms with E-state index in [0.717, 1.165) is 12.1 Å². The second-order valence-electron chi connectivity index (χ2n) is 3.70. The molecule has 0 fully saturated rings. The van der Waals surface area contributed by atoms with E-state index in [1.54, 1.807) is 23.9 Å². The summed E-state index contributed by atoms with van der Waals surface area (Å²) in [5.41, 5.74) is 0.997. The van der Waals surface area contributed by atoms with Crippen molar-refractivity contribution >= 4 is 11.8 Å². The summed E-state index contributed by atoms with van der Waals surface area (Å²) in [5, 5.41) is 0.